The Bertz CT molecular complexity index is 677. The van der Waals surface area contributed by atoms with Gasteiger partial charge in [-0.3, -0.25) is 9.59 Å². The first-order chi connectivity index (χ1) is 10.6. The number of carbonyl (C=O) groups excluding carboxylic acids is 2. The van der Waals surface area contributed by atoms with E-state index in [1.54, 1.807) is 42.5 Å². The Kier molecular flexibility index (Phi) is 5.66. The van der Waals surface area contributed by atoms with E-state index >= 15 is 0 Å². The molecule has 0 saturated carbocycles. The maximum absolute atomic E-state index is 13.5. The molecule has 0 bridgehead atoms. The second-order valence-electron chi connectivity index (χ2n) is 4.56. The minimum Gasteiger partial charge on any atom is -0.350 e. The van der Waals surface area contributed by atoms with E-state index in [4.69, 9.17) is 0 Å². The highest BCUT2D eigenvalue weighted by Gasteiger charge is 2.08. The molecule has 2 rings (SSSR count). The lowest BCUT2D eigenvalue weighted by atomic mass is 10.2. The molecule has 0 saturated heterocycles. The maximum Gasteiger partial charge on any atom is 0.251 e. The summed E-state index contributed by atoms with van der Waals surface area (Å²) < 4.78 is 14.2. The summed E-state index contributed by atoms with van der Waals surface area (Å²) in [7, 11) is 0. The van der Waals surface area contributed by atoms with Crippen molar-refractivity contribution >= 4 is 27.7 Å². The molecule has 6 heteroatoms. The molecule has 2 aromatic carbocycles. The van der Waals surface area contributed by atoms with E-state index in [2.05, 4.69) is 26.6 Å². The Hall–Kier alpha value is -2.21. The van der Waals surface area contributed by atoms with Gasteiger partial charge in [0.15, 0.2) is 0 Å². The van der Waals surface area contributed by atoms with Gasteiger partial charge in [0, 0.05) is 22.1 Å². The molecule has 0 fully saturated rings. The summed E-state index contributed by atoms with van der Waals surface area (Å²) in [5.41, 5.74) is 0.852. The number of rotatable bonds is 5. The van der Waals surface area contributed by atoms with Crippen LogP contribution in [0.2, 0.25) is 0 Å². The predicted octanol–water partition coefficient (Wildman–Crippen LogP) is 2.63. The number of hydrogen-bond acceptors (Lipinski definition) is 2. The zero-order valence-electron chi connectivity index (χ0n) is 11.6. The second-order valence-corrected chi connectivity index (χ2v) is 5.48. The number of carbonyl (C=O) groups is 2. The number of nitrogens with one attached hydrogen (secondary N) is 2. The second kappa shape index (κ2) is 7.70. The third-order valence-electron chi connectivity index (χ3n) is 2.93. The van der Waals surface area contributed by atoms with Gasteiger partial charge >= 0.3 is 0 Å². The van der Waals surface area contributed by atoms with Crippen molar-refractivity contribution in [2.24, 2.45) is 0 Å². The van der Waals surface area contributed by atoms with E-state index < -0.39 is 5.82 Å². The Balaban J connectivity index is 1.81. The maximum atomic E-state index is 13.5. The normalized spacial score (nSPS) is 10.1. The quantitative estimate of drug-likeness (QED) is 0.856. The van der Waals surface area contributed by atoms with E-state index in [-0.39, 0.29) is 24.9 Å². The summed E-state index contributed by atoms with van der Waals surface area (Å²) in [6, 6.07) is 13.1. The molecule has 2 amide bonds. The van der Waals surface area contributed by atoms with E-state index in [1.165, 1.54) is 6.07 Å². The first-order valence-electron chi connectivity index (χ1n) is 6.60. The van der Waals surface area contributed by atoms with E-state index in [0.29, 0.717) is 11.1 Å². The Morgan fingerprint density at radius 3 is 2.50 bits per heavy atom. The standard InChI is InChI=1S/C16H14BrFN2O2/c17-13-6-7-14(18)12(8-13)9-19-15(21)10-20-16(22)11-4-2-1-3-5-11/h1-8H,9-10H2,(H,19,21)(H,20,22). The van der Waals surface area contributed by atoms with Gasteiger partial charge in [-0.2, -0.15) is 0 Å². The largest absolute Gasteiger partial charge is 0.350 e. The summed E-state index contributed by atoms with van der Waals surface area (Å²) in [4.78, 5) is 23.5. The van der Waals surface area contributed by atoms with E-state index in [9.17, 15) is 14.0 Å². The highest BCUT2D eigenvalue weighted by Crippen LogP contribution is 2.15. The third-order valence-corrected chi connectivity index (χ3v) is 3.42. The topological polar surface area (TPSA) is 58.2 Å². The van der Waals surface area contributed by atoms with Crippen molar-refractivity contribution in [2.45, 2.75) is 6.54 Å². The smallest absolute Gasteiger partial charge is 0.251 e. The van der Waals surface area contributed by atoms with Crippen LogP contribution in [0.1, 0.15) is 15.9 Å². The van der Waals surface area contributed by atoms with Gasteiger partial charge in [0.05, 0.1) is 6.54 Å². The molecule has 4 nitrogen and oxygen atoms in total. The molecule has 2 N–H and O–H groups in total. The fourth-order valence-electron chi connectivity index (χ4n) is 1.79. The van der Waals surface area contributed by atoms with Crippen LogP contribution < -0.4 is 10.6 Å². The molecule has 22 heavy (non-hydrogen) atoms. The Labute approximate surface area is 135 Å². The van der Waals surface area contributed by atoms with Crippen molar-refractivity contribution in [2.75, 3.05) is 6.54 Å². The summed E-state index contributed by atoms with van der Waals surface area (Å²) in [5, 5.41) is 5.07. The van der Waals surface area contributed by atoms with Crippen LogP contribution in [0.4, 0.5) is 4.39 Å². The molecule has 0 aliphatic carbocycles. The molecule has 0 radical (unpaired) electrons. The molecular weight excluding hydrogens is 351 g/mol. The number of halogens is 2. The lowest BCUT2D eigenvalue weighted by molar-refractivity contribution is -0.120. The van der Waals surface area contributed by atoms with Crippen molar-refractivity contribution in [1.29, 1.82) is 0 Å². The lowest BCUT2D eigenvalue weighted by Crippen LogP contribution is -2.36. The molecule has 0 aliphatic rings. The van der Waals surface area contributed by atoms with Crippen LogP contribution in [-0.4, -0.2) is 18.4 Å². The first kappa shape index (κ1) is 16.2. The first-order valence-corrected chi connectivity index (χ1v) is 7.39. The zero-order valence-corrected chi connectivity index (χ0v) is 13.2. The molecule has 114 valence electrons. The van der Waals surface area contributed by atoms with E-state index in [1.807, 2.05) is 0 Å². The van der Waals surface area contributed by atoms with E-state index in [0.717, 1.165) is 4.47 Å². The monoisotopic (exact) mass is 364 g/mol. The lowest BCUT2D eigenvalue weighted by Gasteiger charge is -2.08. The van der Waals surface area contributed by atoms with Gasteiger partial charge in [-0.05, 0) is 30.3 Å². The molecule has 0 unspecified atom stereocenters. The van der Waals surface area contributed by atoms with Crippen molar-refractivity contribution in [3.05, 3.63) is 69.9 Å². The van der Waals surface area contributed by atoms with Crippen molar-refractivity contribution in [3.63, 3.8) is 0 Å². The number of amides is 2. The molecule has 0 aliphatic heterocycles. The minimum atomic E-state index is -0.392. The highest BCUT2D eigenvalue weighted by molar-refractivity contribution is 9.10. The average molecular weight is 365 g/mol. The van der Waals surface area contributed by atoms with Crippen LogP contribution in [0.15, 0.2) is 53.0 Å². The van der Waals surface area contributed by atoms with Crippen LogP contribution in [0.25, 0.3) is 0 Å². The molecule has 0 aromatic heterocycles. The van der Waals surface area contributed by atoms with Crippen LogP contribution in [0.5, 0.6) is 0 Å². The molecule has 0 heterocycles. The summed E-state index contributed by atoms with van der Waals surface area (Å²) in [5.74, 6) is -1.11. The van der Waals surface area contributed by atoms with Gasteiger partial charge in [-0.1, -0.05) is 34.1 Å². The summed E-state index contributed by atoms with van der Waals surface area (Å²) in [6.45, 7) is -0.103. The fraction of sp³-hybridized carbons (Fsp3) is 0.125. The highest BCUT2D eigenvalue weighted by atomic mass is 79.9. The van der Waals surface area contributed by atoms with Gasteiger partial charge < -0.3 is 10.6 Å². The van der Waals surface area contributed by atoms with Crippen LogP contribution >= 0.6 is 15.9 Å². The molecule has 0 spiro atoms. The van der Waals surface area contributed by atoms with Gasteiger partial charge in [0.1, 0.15) is 5.82 Å². The number of hydrogen-bond donors (Lipinski definition) is 2. The van der Waals surface area contributed by atoms with Crippen molar-refractivity contribution < 1.29 is 14.0 Å². The van der Waals surface area contributed by atoms with Crippen LogP contribution in [0, 0.1) is 5.82 Å². The third kappa shape index (κ3) is 4.66. The zero-order chi connectivity index (χ0) is 15.9. The predicted molar refractivity (Wildman–Crippen MR) is 84.7 cm³/mol. The SMILES string of the molecule is O=C(CNC(=O)c1ccccc1)NCc1cc(Br)ccc1F. The van der Waals surface area contributed by atoms with Gasteiger partial charge in [-0.15, -0.1) is 0 Å². The van der Waals surface area contributed by atoms with Crippen LogP contribution in [-0.2, 0) is 11.3 Å². The minimum absolute atomic E-state index is 0.0608. The fourth-order valence-corrected chi connectivity index (χ4v) is 2.20. The molecular formula is C16H14BrFN2O2. The molecule has 2 aromatic rings. The average Bonchev–Trinajstić information content (AvgIpc) is 2.54. The Morgan fingerprint density at radius 2 is 1.77 bits per heavy atom. The molecule has 0 atom stereocenters. The summed E-state index contributed by atoms with van der Waals surface area (Å²) >= 11 is 3.24. The van der Waals surface area contributed by atoms with Crippen LogP contribution in [0.3, 0.4) is 0 Å². The summed E-state index contributed by atoms with van der Waals surface area (Å²) in [6.07, 6.45) is 0. The Morgan fingerprint density at radius 1 is 1.05 bits per heavy atom. The van der Waals surface area contributed by atoms with Crippen molar-refractivity contribution in [3.8, 4) is 0 Å². The van der Waals surface area contributed by atoms with Gasteiger partial charge in [-0.25, -0.2) is 4.39 Å². The van der Waals surface area contributed by atoms with Gasteiger partial charge in [0.25, 0.3) is 5.91 Å². The van der Waals surface area contributed by atoms with Crippen molar-refractivity contribution in [1.82, 2.24) is 10.6 Å². The van der Waals surface area contributed by atoms with Gasteiger partial charge in [0.2, 0.25) is 5.91 Å². The number of benzene rings is 2.